The molecule has 1 aliphatic heterocycles. The number of nitrogens with zero attached hydrogens (tertiary/aromatic N) is 4. The summed E-state index contributed by atoms with van der Waals surface area (Å²) in [6.45, 7) is 8.39. The fourth-order valence-corrected chi connectivity index (χ4v) is 3.10. The molecule has 3 rings (SSSR count). The number of carbonyl (C=O) groups excluding carboxylic acids is 1. The lowest BCUT2D eigenvalue weighted by molar-refractivity contribution is -0.114. The van der Waals surface area contributed by atoms with E-state index in [4.69, 9.17) is 4.52 Å². The van der Waals surface area contributed by atoms with E-state index in [1.165, 1.54) is 12.5 Å². The van der Waals surface area contributed by atoms with Crippen LogP contribution in [0.25, 0.3) is 0 Å². The maximum atomic E-state index is 11.1. The van der Waals surface area contributed by atoms with Gasteiger partial charge in [0.2, 0.25) is 5.91 Å². The molecule has 1 atom stereocenters. The maximum Gasteiger partial charge on any atom is 0.222 e. The van der Waals surface area contributed by atoms with E-state index in [1.54, 1.807) is 0 Å². The molecule has 7 nitrogen and oxygen atoms in total. The lowest BCUT2D eigenvalue weighted by Gasteiger charge is -2.16. The number of likely N-dealkylation sites (tertiary alicyclic amines) is 1. The zero-order valence-electron chi connectivity index (χ0n) is 13.9. The lowest BCUT2D eigenvalue weighted by Crippen LogP contribution is -2.22. The molecule has 0 aliphatic carbocycles. The smallest absolute Gasteiger partial charge is 0.222 e. The average molecular weight is 317 g/mol. The summed E-state index contributed by atoms with van der Waals surface area (Å²) in [4.78, 5) is 13.5. The fraction of sp³-hybridized carbons (Fsp3) is 0.562. The monoisotopic (exact) mass is 317 g/mol. The molecule has 0 unspecified atom stereocenters. The molecular formula is C16H23N5O2. The van der Waals surface area contributed by atoms with Gasteiger partial charge in [0.05, 0.1) is 11.7 Å². The molecule has 0 bridgehead atoms. The third-order valence-corrected chi connectivity index (χ3v) is 4.32. The first-order valence-corrected chi connectivity index (χ1v) is 8.06. The Bertz CT molecular complexity index is 690. The number of aromatic nitrogens is 3. The second-order valence-corrected chi connectivity index (χ2v) is 6.06. The first-order valence-electron chi connectivity index (χ1n) is 8.06. The highest BCUT2D eigenvalue weighted by Crippen LogP contribution is 2.25. The zero-order valence-corrected chi connectivity index (χ0v) is 13.9. The Morgan fingerprint density at radius 1 is 1.52 bits per heavy atom. The Labute approximate surface area is 135 Å². The van der Waals surface area contributed by atoms with Crippen LogP contribution < -0.4 is 5.32 Å². The minimum Gasteiger partial charge on any atom is -0.361 e. The van der Waals surface area contributed by atoms with Gasteiger partial charge >= 0.3 is 0 Å². The van der Waals surface area contributed by atoms with Gasteiger partial charge in [0, 0.05) is 44.4 Å². The number of anilines is 1. The van der Waals surface area contributed by atoms with Crippen LogP contribution in [0, 0.1) is 6.92 Å². The minimum absolute atomic E-state index is 0.0988. The molecular weight excluding hydrogens is 294 g/mol. The van der Waals surface area contributed by atoms with Crippen molar-refractivity contribution in [2.45, 2.75) is 46.2 Å². The van der Waals surface area contributed by atoms with Crippen molar-refractivity contribution < 1.29 is 9.32 Å². The van der Waals surface area contributed by atoms with E-state index in [1.807, 2.05) is 23.9 Å². The molecule has 1 fully saturated rings. The highest BCUT2D eigenvalue weighted by atomic mass is 16.5. The number of aryl methyl sites for hydroxylation is 2. The largest absolute Gasteiger partial charge is 0.361 e. The van der Waals surface area contributed by atoms with Gasteiger partial charge in [0.1, 0.15) is 5.76 Å². The van der Waals surface area contributed by atoms with Crippen molar-refractivity contribution in [1.29, 1.82) is 0 Å². The summed E-state index contributed by atoms with van der Waals surface area (Å²) >= 11 is 0. The van der Waals surface area contributed by atoms with Crippen LogP contribution in [0.4, 0.5) is 5.82 Å². The van der Waals surface area contributed by atoms with Crippen molar-refractivity contribution in [3.8, 4) is 0 Å². The molecule has 1 aliphatic rings. The molecule has 124 valence electrons. The van der Waals surface area contributed by atoms with Crippen molar-refractivity contribution >= 4 is 11.7 Å². The summed E-state index contributed by atoms with van der Waals surface area (Å²) in [6, 6.07) is 2.17. The third kappa shape index (κ3) is 3.44. The minimum atomic E-state index is -0.0988. The van der Waals surface area contributed by atoms with E-state index < -0.39 is 0 Å². The third-order valence-electron chi connectivity index (χ3n) is 4.32. The van der Waals surface area contributed by atoms with E-state index in [-0.39, 0.29) is 5.91 Å². The summed E-state index contributed by atoms with van der Waals surface area (Å²) < 4.78 is 7.27. The average Bonchev–Trinajstić information content (AvgIpc) is 3.21. The number of hydrogen-bond donors (Lipinski definition) is 1. The van der Waals surface area contributed by atoms with Crippen molar-refractivity contribution in [3.05, 3.63) is 29.3 Å². The van der Waals surface area contributed by atoms with Gasteiger partial charge in [-0.05, 0) is 19.8 Å². The number of amides is 1. The Balaban J connectivity index is 1.63. The molecule has 0 saturated carbocycles. The number of nitrogens with one attached hydrogen (secondary N) is 1. The van der Waals surface area contributed by atoms with Gasteiger partial charge in [-0.15, -0.1) is 0 Å². The topological polar surface area (TPSA) is 76.2 Å². The predicted octanol–water partition coefficient (Wildman–Crippen LogP) is 2.15. The van der Waals surface area contributed by atoms with E-state index in [2.05, 4.69) is 27.4 Å². The zero-order chi connectivity index (χ0) is 16.4. The maximum absolute atomic E-state index is 11.1. The summed E-state index contributed by atoms with van der Waals surface area (Å²) in [6.07, 6.45) is 3.87. The molecule has 0 radical (unpaired) electrons. The number of carbonyl (C=O) groups is 1. The van der Waals surface area contributed by atoms with Crippen LogP contribution in [0.5, 0.6) is 0 Å². The second kappa shape index (κ2) is 6.54. The summed E-state index contributed by atoms with van der Waals surface area (Å²) in [5.74, 6) is 1.43. The second-order valence-electron chi connectivity index (χ2n) is 6.06. The van der Waals surface area contributed by atoms with E-state index in [0.717, 1.165) is 43.9 Å². The highest BCUT2D eigenvalue weighted by Gasteiger charge is 2.26. The van der Waals surface area contributed by atoms with Crippen molar-refractivity contribution in [3.63, 3.8) is 0 Å². The summed E-state index contributed by atoms with van der Waals surface area (Å²) in [5.41, 5.74) is 2.27. The lowest BCUT2D eigenvalue weighted by atomic mass is 10.1. The molecule has 7 heteroatoms. The van der Waals surface area contributed by atoms with Gasteiger partial charge < -0.3 is 9.84 Å². The van der Waals surface area contributed by atoms with E-state index in [9.17, 15) is 4.79 Å². The molecule has 1 amide bonds. The van der Waals surface area contributed by atoms with Crippen molar-refractivity contribution in [2.75, 3.05) is 18.4 Å². The standard InChI is InChI=1S/C16H23N5O2/c1-4-15-14(11(2)23-19-15)10-20-7-5-13(9-20)21-8-6-16(18-21)17-12(3)22/h6,8,13H,4-5,7,9-10H2,1-3H3,(H,17,18,22)/t13-/m0/s1. The number of rotatable bonds is 5. The number of hydrogen-bond acceptors (Lipinski definition) is 5. The first kappa shape index (κ1) is 15.7. The molecule has 0 spiro atoms. The van der Waals surface area contributed by atoms with Gasteiger partial charge in [-0.3, -0.25) is 14.4 Å². The normalized spacial score (nSPS) is 18.5. The van der Waals surface area contributed by atoms with Crippen LogP contribution in [0.1, 0.15) is 43.3 Å². The van der Waals surface area contributed by atoms with E-state index >= 15 is 0 Å². The summed E-state index contributed by atoms with van der Waals surface area (Å²) in [5, 5.41) is 11.3. The molecule has 3 heterocycles. The van der Waals surface area contributed by atoms with Crippen LogP contribution in [0.15, 0.2) is 16.8 Å². The molecule has 2 aromatic heterocycles. The predicted molar refractivity (Wildman–Crippen MR) is 86.1 cm³/mol. The molecule has 2 aromatic rings. The van der Waals surface area contributed by atoms with Gasteiger partial charge in [-0.2, -0.15) is 5.10 Å². The Kier molecular flexibility index (Phi) is 4.47. The molecule has 1 N–H and O–H groups in total. The quantitative estimate of drug-likeness (QED) is 0.914. The highest BCUT2D eigenvalue weighted by molar-refractivity contribution is 5.87. The van der Waals surface area contributed by atoms with Crippen LogP contribution in [0.3, 0.4) is 0 Å². The Morgan fingerprint density at radius 2 is 2.35 bits per heavy atom. The first-order chi connectivity index (χ1) is 11.1. The van der Waals surface area contributed by atoms with Crippen LogP contribution in [-0.2, 0) is 17.8 Å². The van der Waals surface area contributed by atoms with Gasteiger partial charge in [-0.1, -0.05) is 12.1 Å². The van der Waals surface area contributed by atoms with Crippen molar-refractivity contribution in [2.24, 2.45) is 0 Å². The van der Waals surface area contributed by atoms with Gasteiger partial charge in [-0.25, -0.2) is 0 Å². The van der Waals surface area contributed by atoms with Gasteiger partial charge in [0.25, 0.3) is 0 Å². The van der Waals surface area contributed by atoms with Crippen LogP contribution in [-0.4, -0.2) is 38.8 Å². The Morgan fingerprint density at radius 3 is 3.09 bits per heavy atom. The van der Waals surface area contributed by atoms with Crippen molar-refractivity contribution in [1.82, 2.24) is 19.8 Å². The summed E-state index contributed by atoms with van der Waals surface area (Å²) in [7, 11) is 0. The van der Waals surface area contributed by atoms with Gasteiger partial charge in [0.15, 0.2) is 5.82 Å². The van der Waals surface area contributed by atoms with Crippen LogP contribution >= 0.6 is 0 Å². The Hall–Kier alpha value is -2.15. The van der Waals surface area contributed by atoms with Crippen LogP contribution in [0.2, 0.25) is 0 Å². The van der Waals surface area contributed by atoms with E-state index in [0.29, 0.717) is 11.9 Å². The SMILES string of the molecule is CCc1noc(C)c1CN1CC[C@H](n2ccc(NC(C)=O)n2)C1. The molecule has 23 heavy (non-hydrogen) atoms. The fourth-order valence-electron chi connectivity index (χ4n) is 3.10. The molecule has 0 aromatic carbocycles. The molecule has 1 saturated heterocycles.